The fourth-order valence-corrected chi connectivity index (χ4v) is 3.39. The third kappa shape index (κ3) is 7.50. The van der Waals surface area contributed by atoms with Crippen molar-refractivity contribution in [3.05, 3.63) is 89.5 Å². The minimum absolute atomic E-state index is 0.398. The number of nitrogens with zero attached hydrogens (tertiary/aromatic N) is 3. The first-order valence-corrected chi connectivity index (χ1v) is 11.2. The van der Waals surface area contributed by atoms with Gasteiger partial charge in [-0.2, -0.15) is 0 Å². The molecule has 0 unspecified atom stereocenters. The van der Waals surface area contributed by atoms with E-state index in [2.05, 4.69) is 5.43 Å². The molecule has 1 amide bonds. The average molecular weight is 463 g/mol. The van der Waals surface area contributed by atoms with Gasteiger partial charge in [0.05, 0.1) is 7.11 Å². The minimum Gasteiger partial charge on any atom is -0.497 e. The van der Waals surface area contributed by atoms with Crippen molar-refractivity contribution in [1.29, 1.82) is 0 Å². The molecule has 0 atom stereocenters. The maximum absolute atomic E-state index is 13.2. The van der Waals surface area contributed by atoms with Crippen LogP contribution < -0.4 is 19.8 Å². The predicted octanol–water partition coefficient (Wildman–Crippen LogP) is 4.53. The van der Waals surface area contributed by atoms with Crippen molar-refractivity contribution < 1.29 is 14.3 Å². The van der Waals surface area contributed by atoms with Crippen LogP contribution in [0.4, 0.5) is 10.5 Å². The van der Waals surface area contributed by atoms with Gasteiger partial charge in [-0.3, -0.25) is 15.3 Å². The number of nitrogens with one attached hydrogen (secondary N) is 1. The molecule has 0 saturated carbocycles. The van der Waals surface area contributed by atoms with E-state index in [1.165, 1.54) is 0 Å². The number of ether oxygens (including phenoxy) is 2. The van der Waals surface area contributed by atoms with Gasteiger partial charge in [-0.05, 0) is 53.1 Å². The lowest BCUT2D eigenvalue weighted by molar-refractivity contribution is 0.146. The lowest BCUT2D eigenvalue weighted by Crippen LogP contribution is -2.32. The molecule has 0 aliphatic rings. The molecule has 0 bridgehead atoms. The molecule has 34 heavy (non-hydrogen) atoms. The van der Waals surface area contributed by atoms with Crippen LogP contribution in [0.15, 0.2) is 72.8 Å². The highest BCUT2D eigenvalue weighted by Gasteiger charge is 2.18. The number of hydrogen-bond acceptors (Lipinski definition) is 6. The lowest BCUT2D eigenvalue weighted by atomic mass is 10.1. The van der Waals surface area contributed by atoms with Crippen molar-refractivity contribution in [2.75, 3.05) is 40.2 Å². The lowest BCUT2D eigenvalue weighted by Gasteiger charge is -2.23. The van der Waals surface area contributed by atoms with Crippen LogP contribution in [0, 0.1) is 0 Å². The smallest absolute Gasteiger partial charge is 0.415 e. The van der Waals surface area contributed by atoms with E-state index in [0.29, 0.717) is 25.4 Å². The zero-order valence-electron chi connectivity index (χ0n) is 20.6. The molecule has 0 saturated heterocycles. The van der Waals surface area contributed by atoms with Gasteiger partial charge in [0.15, 0.2) is 0 Å². The van der Waals surface area contributed by atoms with Crippen LogP contribution in [0.3, 0.4) is 0 Å². The molecule has 0 aromatic heterocycles. The van der Waals surface area contributed by atoms with E-state index in [1.54, 1.807) is 18.1 Å². The van der Waals surface area contributed by atoms with Crippen LogP contribution in [-0.4, -0.2) is 51.3 Å². The number of rotatable bonds is 10. The fourth-order valence-electron chi connectivity index (χ4n) is 3.39. The third-order valence-electron chi connectivity index (χ3n) is 5.32. The largest absolute Gasteiger partial charge is 0.497 e. The van der Waals surface area contributed by atoms with Crippen molar-refractivity contribution in [2.24, 2.45) is 0 Å². The van der Waals surface area contributed by atoms with Crippen molar-refractivity contribution in [1.82, 2.24) is 15.3 Å². The van der Waals surface area contributed by atoms with Crippen LogP contribution in [0.2, 0.25) is 0 Å². The summed E-state index contributed by atoms with van der Waals surface area (Å²) in [6.07, 6.45) is -0.398. The summed E-state index contributed by atoms with van der Waals surface area (Å²) in [6.45, 7) is 1.49. The first kappa shape index (κ1) is 25.1. The number of benzene rings is 3. The second-order valence-electron chi connectivity index (χ2n) is 8.51. The number of methoxy groups -OCH3 is 1. The number of carbonyl (C=O) groups excluding carboxylic acids is 1. The van der Waals surface area contributed by atoms with Gasteiger partial charge in [0.25, 0.3) is 0 Å². The summed E-state index contributed by atoms with van der Waals surface area (Å²) in [5, 5.41) is 1.89. The Hall–Kier alpha value is -3.55. The van der Waals surface area contributed by atoms with E-state index in [-0.39, 0.29) is 0 Å². The molecule has 0 spiro atoms. The Balaban J connectivity index is 1.77. The van der Waals surface area contributed by atoms with E-state index < -0.39 is 6.09 Å². The van der Waals surface area contributed by atoms with Crippen LogP contribution in [0.5, 0.6) is 11.5 Å². The zero-order valence-corrected chi connectivity index (χ0v) is 20.6. The molecule has 7 nitrogen and oxygen atoms in total. The SMILES string of the molecule is COc1ccc(CN(Cc2ccc(N(C)C)cc2)C(=O)Oc2cccc(CNN(C)C)c2)cc1. The Morgan fingerprint density at radius 3 is 1.97 bits per heavy atom. The summed E-state index contributed by atoms with van der Waals surface area (Å²) in [4.78, 5) is 17.0. The van der Waals surface area contributed by atoms with Gasteiger partial charge in [-0.15, -0.1) is 0 Å². The molecular weight excluding hydrogens is 428 g/mol. The average Bonchev–Trinajstić information content (AvgIpc) is 2.83. The van der Waals surface area contributed by atoms with Crippen LogP contribution in [0.1, 0.15) is 16.7 Å². The van der Waals surface area contributed by atoms with Crippen LogP contribution >= 0.6 is 0 Å². The molecule has 3 aromatic carbocycles. The van der Waals surface area contributed by atoms with E-state index in [0.717, 1.165) is 28.1 Å². The maximum atomic E-state index is 13.2. The molecule has 0 heterocycles. The summed E-state index contributed by atoms with van der Waals surface area (Å²) < 4.78 is 11.0. The monoisotopic (exact) mass is 462 g/mol. The summed E-state index contributed by atoms with van der Waals surface area (Å²) in [7, 11) is 9.52. The standard InChI is InChI=1S/C27H34N4O3/c1-29(2)24-13-9-21(10-14-24)19-31(20-22-11-15-25(33-5)16-12-22)27(32)34-26-8-6-7-23(17-26)18-28-30(3)4/h6-17,28H,18-20H2,1-5H3. The zero-order chi connectivity index (χ0) is 24.5. The maximum Gasteiger partial charge on any atom is 0.415 e. The molecule has 7 heteroatoms. The summed E-state index contributed by atoms with van der Waals surface area (Å²) >= 11 is 0. The quantitative estimate of drug-likeness (QED) is 0.447. The second-order valence-corrected chi connectivity index (χ2v) is 8.51. The molecule has 180 valence electrons. The highest BCUT2D eigenvalue weighted by Crippen LogP contribution is 2.20. The number of carbonyl (C=O) groups is 1. The predicted molar refractivity (Wildman–Crippen MR) is 136 cm³/mol. The van der Waals surface area contributed by atoms with Gasteiger partial charge in [0, 0.05) is 53.5 Å². The summed E-state index contributed by atoms with van der Waals surface area (Å²) in [6, 6.07) is 23.5. The normalized spacial score (nSPS) is 10.8. The van der Waals surface area contributed by atoms with Crippen LogP contribution in [-0.2, 0) is 19.6 Å². The molecule has 0 radical (unpaired) electrons. The Kier molecular flexibility index (Phi) is 8.90. The Morgan fingerprint density at radius 1 is 0.794 bits per heavy atom. The fraction of sp³-hybridized carbons (Fsp3) is 0.296. The molecule has 0 aliphatic heterocycles. The van der Waals surface area contributed by atoms with Crippen LogP contribution in [0.25, 0.3) is 0 Å². The van der Waals surface area contributed by atoms with E-state index in [9.17, 15) is 4.79 Å². The highest BCUT2D eigenvalue weighted by atomic mass is 16.6. The van der Waals surface area contributed by atoms with Gasteiger partial charge in [-0.1, -0.05) is 36.4 Å². The Labute approximate surface area is 202 Å². The van der Waals surface area contributed by atoms with Gasteiger partial charge < -0.3 is 14.4 Å². The van der Waals surface area contributed by atoms with Crippen molar-refractivity contribution in [3.8, 4) is 11.5 Å². The van der Waals surface area contributed by atoms with Gasteiger partial charge in [0.1, 0.15) is 11.5 Å². The molecule has 0 fully saturated rings. The minimum atomic E-state index is -0.398. The molecule has 1 N–H and O–H groups in total. The Bertz CT molecular complexity index is 1050. The van der Waals surface area contributed by atoms with E-state index >= 15 is 0 Å². The molecular formula is C27H34N4O3. The molecule has 0 aliphatic carbocycles. The summed E-state index contributed by atoms with van der Waals surface area (Å²) in [5.74, 6) is 1.30. The van der Waals surface area contributed by atoms with E-state index in [1.807, 2.05) is 105 Å². The van der Waals surface area contributed by atoms with Gasteiger partial charge >= 0.3 is 6.09 Å². The second kappa shape index (κ2) is 12.1. The van der Waals surface area contributed by atoms with Crippen molar-refractivity contribution >= 4 is 11.8 Å². The first-order chi connectivity index (χ1) is 16.3. The number of amides is 1. The first-order valence-electron chi connectivity index (χ1n) is 11.2. The van der Waals surface area contributed by atoms with Gasteiger partial charge in [0.2, 0.25) is 0 Å². The highest BCUT2D eigenvalue weighted by molar-refractivity contribution is 5.71. The third-order valence-corrected chi connectivity index (χ3v) is 5.32. The topological polar surface area (TPSA) is 57.3 Å². The van der Waals surface area contributed by atoms with E-state index in [4.69, 9.17) is 9.47 Å². The molecule has 3 aromatic rings. The molecule has 3 rings (SSSR count). The van der Waals surface area contributed by atoms with Crippen molar-refractivity contribution in [3.63, 3.8) is 0 Å². The number of hydrazine groups is 1. The summed E-state index contributed by atoms with van der Waals surface area (Å²) in [5.41, 5.74) is 7.38. The Morgan fingerprint density at radius 2 is 1.41 bits per heavy atom. The number of anilines is 1. The van der Waals surface area contributed by atoms with Crippen molar-refractivity contribution in [2.45, 2.75) is 19.6 Å². The van der Waals surface area contributed by atoms with Gasteiger partial charge in [-0.25, -0.2) is 4.79 Å². The number of hydrogen-bond donors (Lipinski definition) is 1.